The highest BCUT2D eigenvalue weighted by atomic mass is 16.5. The zero-order chi connectivity index (χ0) is 10.9. The third-order valence-corrected chi connectivity index (χ3v) is 2.64. The summed E-state index contributed by atoms with van der Waals surface area (Å²) in [5.74, 6) is 0. The zero-order valence-corrected chi connectivity index (χ0v) is 9.71. The van der Waals surface area contributed by atoms with Gasteiger partial charge in [0.2, 0.25) is 0 Å². The maximum Gasteiger partial charge on any atom is 0.0809 e. The van der Waals surface area contributed by atoms with Crippen molar-refractivity contribution in [3.8, 4) is 0 Å². The van der Waals surface area contributed by atoms with Crippen molar-refractivity contribution in [2.45, 2.75) is 38.3 Å². The summed E-state index contributed by atoms with van der Waals surface area (Å²) in [6, 6.07) is 0.406. The minimum Gasteiger partial charge on any atom is -0.379 e. The van der Waals surface area contributed by atoms with Crippen LogP contribution in [-0.2, 0) is 9.47 Å². The molecular weight excluding hydrogens is 192 g/mol. The summed E-state index contributed by atoms with van der Waals surface area (Å²) in [6.07, 6.45) is 3.73. The molecule has 1 fully saturated rings. The van der Waals surface area contributed by atoms with Crippen LogP contribution in [0.15, 0.2) is 0 Å². The van der Waals surface area contributed by atoms with Gasteiger partial charge in [-0.05, 0) is 32.7 Å². The Balaban J connectivity index is 1.80. The maximum atomic E-state index is 5.54. The lowest BCUT2D eigenvalue weighted by atomic mass is 10.2. The number of hydrogen-bond acceptors (Lipinski definition) is 4. The summed E-state index contributed by atoms with van der Waals surface area (Å²) in [4.78, 5) is 0. The van der Waals surface area contributed by atoms with Crippen LogP contribution >= 0.6 is 0 Å². The minimum absolute atomic E-state index is 0.348. The molecule has 0 saturated carbocycles. The predicted octanol–water partition coefficient (Wildman–Crippen LogP) is 0.509. The number of ether oxygens (including phenoxy) is 2. The molecule has 15 heavy (non-hydrogen) atoms. The van der Waals surface area contributed by atoms with Gasteiger partial charge in [-0.25, -0.2) is 0 Å². The van der Waals surface area contributed by atoms with Gasteiger partial charge >= 0.3 is 0 Å². The van der Waals surface area contributed by atoms with Crippen molar-refractivity contribution in [2.24, 2.45) is 5.73 Å². The van der Waals surface area contributed by atoms with Crippen LogP contribution in [0.1, 0.15) is 26.2 Å². The van der Waals surface area contributed by atoms with Gasteiger partial charge in [0.05, 0.1) is 12.7 Å². The van der Waals surface area contributed by atoms with Crippen molar-refractivity contribution in [3.05, 3.63) is 0 Å². The second-order valence-electron chi connectivity index (χ2n) is 4.15. The molecule has 1 rings (SSSR count). The Morgan fingerprint density at radius 3 is 3.13 bits per heavy atom. The first-order valence-corrected chi connectivity index (χ1v) is 5.95. The Morgan fingerprint density at radius 1 is 1.60 bits per heavy atom. The molecule has 0 bridgehead atoms. The first-order chi connectivity index (χ1) is 7.33. The summed E-state index contributed by atoms with van der Waals surface area (Å²) in [6.45, 7) is 6.23. The molecule has 0 spiro atoms. The van der Waals surface area contributed by atoms with E-state index in [0.717, 1.165) is 39.2 Å². The minimum atomic E-state index is 0.348. The van der Waals surface area contributed by atoms with E-state index in [1.54, 1.807) is 0 Å². The molecule has 1 saturated heterocycles. The van der Waals surface area contributed by atoms with Gasteiger partial charge in [0.15, 0.2) is 0 Å². The fraction of sp³-hybridized carbons (Fsp3) is 1.00. The molecule has 90 valence electrons. The monoisotopic (exact) mass is 216 g/mol. The van der Waals surface area contributed by atoms with E-state index >= 15 is 0 Å². The second-order valence-corrected chi connectivity index (χ2v) is 4.15. The van der Waals surface area contributed by atoms with E-state index in [-0.39, 0.29) is 0 Å². The van der Waals surface area contributed by atoms with Crippen molar-refractivity contribution in [3.63, 3.8) is 0 Å². The van der Waals surface area contributed by atoms with E-state index in [1.165, 1.54) is 6.42 Å². The van der Waals surface area contributed by atoms with Crippen LogP contribution in [0.25, 0.3) is 0 Å². The Hall–Kier alpha value is -0.160. The second kappa shape index (κ2) is 8.05. The highest BCUT2D eigenvalue weighted by Crippen LogP contribution is 2.11. The molecule has 3 N–H and O–H groups in total. The van der Waals surface area contributed by atoms with E-state index in [9.17, 15) is 0 Å². The molecule has 0 aromatic rings. The molecule has 0 aliphatic carbocycles. The topological polar surface area (TPSA) is 56.5 Å². The highest BCUT2D eigenvalue weighted by Gasteiger charge is 2.14. The van der Waals surface area contributed by atoms with Crippen molar-refractivity contribution in [1.29, 1.82) is 0 Å². The molecule has 2 atom stereocenters. The molecule has 4 heteroatoms. The lowest BCUT2D eigenvalue weighted by Gasteiger charge is -2.12. The number of rotatable bonds is 8. The molecule has 0 radical (unpaired) electrons. The van der Waals surface area contributed by atoms with Gasteiger partial charge in [0.1, 0.15) is 0 Å². The fourth-order valence-corrected chi connectivity index (χ4v) is 1.60. The average Bonchev–Trinajstić information content (AvgIpc) is 2.75. The standard InChI is InChI=1S/C11H24N2O2/c1-10(8-12)13-5-3-6-14-9-11-4-2-7-15-11/h10-11,13H,2-9,12H2,1H3. The van der Waals surface area contributed by atoms with Crippen LogP contribution in [0.5, 0.6) is 0 Å². The molecule has 4 nitrogen and oxygen atoms in total. The first kappa shape index (κ1) is 12.9. The summed E-state index contributed by atoms with van der Waals surface area (Å²) in [5, 5.41) is 3.32. The SMILES string of the molecule is CC(CN)NCCCOCC1CCCO1. The smallest absolute Gasteiger partial charge is 0.0809 e. The van der Waals surface area contributed by atoms with E-state index in [2.05, 4.69) is 12.2 Å². The lowest BCUT2D eigenvalue weighted by molar-refractivity contribution is 0.0165. The van der Waals surface area contributed by atoms with Crippen LogP contribution in [-0.4, -0.2) is 45.1 Å². The van der Waals surface area contributed by atoms with Gasteiger partial charge in [-0.2, -0.15) is 0 Å². The van der Waals surface area contributed by atoms with Crippen molar-refractivity contribution in [1.82, 2.24) is 5.32 Å². The molecule has 2 unspecified atom stereocenters. The number of hydrogen-bond donors (Lipinski definition) is 2. The van der Waals surface area contributed by atoms with E-state index in [1.807, 2.05) is 0 Å². The number of nitrogens with two attached hydrogens (primary N) is 1. The van der Waals surface area contributed by atoms with Crippen molar-refractivity contribution < 1.29 is 9.47 Å². The van der Waals surface area contributed by atoms with Crippen molar-refractivity contribution in [2.75, 3.05) is 32.9 Å². The third-order valence-electron chi connectivity index (χ3n) is 2.64. The van der Waals surface area contributed by atoms with E-state index < -0.39 is 0 Å². The lowest BCUT2D eigenvalue weighted by Crippen LogP contribution is -2.34. The van der Waals surface area contributed by atoms with Crippen LogP contribution in [0.4, 0.5) is 0 Å². The van der Waals surface area contributed by atoms with Crippen LogP contribution in [0, 0.1) is 0 Å². The summed E-state index contributed by atoms with van der Waals surface area (Å²) in [7, 11) is 0. The summed E-state index contributed by atoms with van der Waals surface area (Å²) in [5.41, 5.74) is 5.49. The van der Waals surface area contributed by atoms with Crippen molar-refractivity contribution >= 4 is 0 Å². The van der Waals surface area contributed by atoms with Crippen LogP contribution in [0.3, 0.4) is 0 Å². The third kappa shape index (κ3) is 6.10. The van der Waals surface area contributed by atoms with Gasteiger partial charge in [-0.3, -0.25) is 0 Å². The summed E-state index contributed by atoms with van der Waals surface area (Å²) < 4.78 is 11.0. The Morgan fingerprint density at radius 2 is 2.47 bits per heavy atom. The van der Waals surface area contributed by atoms with Gasteiger partial charge in [-0.1, -0.05) is 0 Å². The zero-order valence-electron chi connectivity index (χ0n) is 9.71. The van der Waals surface area contributed by atoms with Gasteiger partial charge in [0, 0.05) is 25.8 Å². The number of nitrogens with one attached hydrogen (secondary N) is 1. The average molecular weight is 216 g/mol. The molecule has 1 aliphatic heterocycles. The maximum absolute atomic E-state index is 5.54. The van der Waals surface area contributed by atoms with E-state index in [0.29, 0.717) is 18.7 Å². The normalized spacial score (nSPS) is 23.2. The quantitative estimate of drug-likeness (QED) is 0.580. The first-order valence-electron chi connectivity index (χ1n) is 5.95. The van der Waals surface area contributed by atoms with Gasteiger partial charge in [0.25, 0.3) is 0 Å². The van der Waals surface area contributed by atoms with Gasteiger partial charge < -0.3 is 20.5 Å². The Kier molecular flexibility index (Phi) is 6.92. The molecule has 1 aliphatic rings. The molecule has 0 amide bonds. The predicted molar refractivity (Wildman–Crippen MR) is 60.9 cm³/mol. The molecule has 1 heterocycles. The largest absolute Gasteiger partial charge is 0.379 e. The molecule has 0 aromatic carbocycles. The Labute approximate surface area is 92.5 Å². The summed E-state index contributed by atoms with van der Waals surface area (Å²) >= 11 is 0. The molecular formula is C11H24N2O2. The molecule has 0 aromatic heterocycles. The van der Waals surface area contributed by atoms with Gasteiger partial charge in [-0.15, -0.1) is 0 Å². The van der Waals surface area contributed by atoms with Crippen LogP contribution < -0.4 is 11.1 Å². The van der Waals surface area contributed by atoms with Crippen LogP contribution in [0.2, 0.25) is 0 Å². The fourth-order valence-electron chi connectivity index (χ4n) is 1.60. The Bertz CT molecular complexity index is 150. The highest BCUT2D eigenvalue weighted by molar-refractivity contribution is 4.63. The van der Waals surface area contributed by atoms with E-state index in [4.69, 9.17) is 15.2 Å².